The average Bonchev–Trinajstić information content (AvgIpc) is 2.61. The van der Waals surface area contributed by atoms with Crippen LogP contribution in [-0.2, 0) is 9.59 Å². The summed E-state index contributed by atoms with van der Waals surface area (Å²) in [7, 11) is 0. The lowest BCUT2D eigenvalue weighted by atomic mass is 9.95. The Balaban J connectivity index is 1.56. The summed E-state index contributed by atoms with van der Waals surface area (Å²) in [5, 5.41) is 6.40. The maximum absolute atomic E-state index is 12.6. The van der Waals surface area contributed by atoms with Crippen molar-refractivity contribution in [1.82, 2.24) is 0 Å². The van der Waals surface area contributed by atoms with E-state index < -0.39 is 0 Å². The van der Waals surface area contributed by atoms with Gasteiger partial charge in [0.1, 0.15) is 0 Å². The number of piperidine rings is 1. The molecule has 2 amide bonds. The molecule has 0 radical (unpaired) electrons. The van der Waals surface area contributed by atoms with Crippen molar-refractivity contribution in [2.24, 2.45) is 5.92 Å². The van der Waals surface area contributed by atoms with Crippen LogP contribution in [0.25, 0.3) is 0 Å². The minimum Gasteiger partial charge on any atom is -0.371 e. The number of carbonyl (C=O) groups excluding carboxylic acids is 2. The fourth-order valence-corrected chi connectivity index (χ4v) is 3.38. The maximum atomic E-state index is 12.6. The number of amides is 2. The Morgan fingerprint density at radius 3 is 2.31 bits per heavy atom. The molecule has 26 heavy (non-hydrogen) atoms. The van der Waals surface area contributed by atoms with Crippen molar-refractivity contribution in [3.63, 3.8) is 0 Å². The summed E-state index contributed by atoms with van der Waals surface area (Å²) in [6.45, 7) is 3.10. The Labute approximate surface area is 158 Å². The highest BCUT2D eigenvalue weighted by Crippen LogP contribution is 2.26. The molecule has 136 valence electrons. The van der Waals surface area contributed by atoms with E-state index in [0.29, 0.717) is 11.4 Å². The molecule has 1 heterocycles. The van der Waals surface area contributed by atoms with Crippen LogP contribution in [0.3, 0.4) is 0 Å². The minimum absolute atomic E-state index is 0.0187. The molecular formula is C20H22ClN3O2. The van der Waals surface area contributed by atoms with E-state index in [1.165, 1.54) is 6.92 Å². The number of halogens is 1. The molecule has 0 aromatic heterocycles. The quantitative estimate of drug-likeness (QED) is 0.848. The summed E-state index contributed by atoms with van der Waals surface area (Å²) in [6, 6.07) is 15.0. The van der Waals surface area contributed by atoms with Crippen LogP contribution in [0.15, 0.2) is 48.5 Å². The van der Waals surface area contributed by atoms with E-state index in [-0.39, 0.29) is 17.7 Å². The van der Waals surface area contributed by atoms with Gasteiger partial charge in [0.05, 0.1) is 0 Å². The first-order valence-electron chi connectivity index (χ1n) is 8.70. The van der Waals surface area contributed by atoms with Crippen molar-refractivity contribution >= 4 is 40.5 Å². The normalized spacial score (nSPS) is 14.8. The lowest BCUT2D eigenvalue weighted by Crippen LogP contribution is -2.38. The van der Waals surface area contributed by atoms with E-state index >= 15 is 0 Å². The van der Waals surface area contributed by atoms with Crippen LogP contribution in [0.4, 0.5) is 17.1 Å². The molecule has 2 aromatic rings. The molecule has 0 unspecified atom stereocenters. The van der Waals surface area contributed by atoms with Gasteiger partial charge in [-0.3, -0.25) is 9.59 Å². The van der Waals surface area contributed by atoms with Crippen molar-refractivity contribution in [3.8, 4) is 0 Å². The monoisotopic (exact) mass is 371 g/mol. The van der Waals surface area contributed by atoms with Gasteiger partial charge in [-0.15, -0.1) is 0 Å². The number of nitrogens with zero attached hydrogens (tertiary/aromatic N) is 1. The molecule has 1 fully saturated rings. The lowest BCUT2D eigenvalue weighted by Gasteiger charge is -2.33. The van der Waals surface area contributed by atoms with Gasteiger partial charge in [0.15, 0.2) is 0 Å². The topological polar surface area (TPSA) is 61.4 Å². The minimum atomic E-state index is -0.137. The first-order valence-corrected chi connectivity index (χ1v) is 9.08. The second kappa shape index (κ2) is 8.23. The van der Waals surface area contributed by atoms with E-state index in [9.17, 15) is 9.59 Å². The standard InChI is InChI=1S/C20H22ClN3O2/c1-14(25)22-17-5-3-6-18(13-17)23-20(26)15-8-10-24(11-9-15)19-7-2-4-16(21)12-19/h2-7,12-13,15H,8-11H2,1H3,(H,22,25)(H,23,26). The Morgan fingerprint density at radius 1 is 1.00 bits per heavy atom. The Hall–Kier alpha value is -2.53. The molecule has 0 spiro atoms. The molecule has 0 saturated carbocycles. The molecule has 5 nitrogen and oxygen atoms in total. The summed E-state index contributed by atoms with van der Waals surface area (Å²) >= 11 is 6.06. The number of carbonyl (C=O) groups is 2. The van der Waals surface area contributed by atoms with Gasteiger partial charge in [0.2, 0.25) is 11.8 Å². The van der Waals surface area contributed by atoms with Crippen LogP contribution in [0.1, 0.15) is 19.8 Å². The number of anilines is 3. The predicted octanol–water partition coefficient (Wildman–Crippen LogP) is 4.15. The van der Waals surface area contributed by atoms with Gasteiger partial charge in [0.25, 0.3) is 0 Å². The van der Waals surface area contributed by atoms with E-state index in [2.05, 4.69) is 15.5 Å². The van der Waals surface area contributed by atoms with Gasteiger partial charge in [0, 0.05) is 48.0 Å². The molecule has 1 saturated heterocycles. The summed E-state index contributed by atoms with van der Waals surface area (Å²) in [6.07, 6.45) is 1.59. The molecule has 3 rings (SSSR count). The van der Waals surface area contributed by atoms with Gasteiger partial charge < -0.3 is 15.5 Å². The highest BCUT2D eigenvalue weighted by Gasteiger charge is 2.25. The summed E-state index contributed by atoms with van der Waals surface area (Å²) in [4.78, 5) is 26.0. The zero-order valence-electron chi connectivity index (χ0n) is 14.7. The Kier molecular flexibility index (Phi) is 5.78. The van der Waals surface area contributed by atoms with Crippen molar-refractivity contribution in [2.45, 2.75) is 19.8 Å². The van der Waals surface area contributed by atoms with E-state index in [1.807, 2.05) is 36.4 Å². The number of nitrogens with one attached hydrogen (secondary N) is 2. The van der Waals surface area contributed by atoms with Crippen LogP contribution in [0.5, 0.6) is 0 Å². The van der Waals surface area contributed by atoms with Crippen LogP contribution in [0, 0.1) is 5.92 Å². The van der Waals surface area contributed by atoms with Gasteiger partial charge >= 0.3 is 0 Å². The first kappa shape index (κ1) is 18.3. The van der Waals surface area contributed by atoms with Gasteiger partial charge in [-0.05, 0) is 49.2 Å². The number of hydrogen-bond acceptors (Lipinski definition) is 3. The van der Waals surface area contributed by atoms with Crippen LogP contribution in [-0.4, -0.2) is 24.9 Å². The lowest BCUT2D eigenvalue weighted by molar-refractivity contribution is -0.120. The molecule has 2 aromatic carbocycles. The van der Waals surface area contributed by atoms with Crippen molar-refractivity contribution in [2.75, 3.05) is 28.6 Å². The molecule has 1 aliphatic rings. The van der Waals surface area contributed by atoms with Gasteiger partial charge in [-0.2, -0.15) is 0 Å². The predicted molar refractivity (Wildman–Crippen MR) is 106 cm³/mol. The highest BCUT2D eigenvalue weighted by molar-refractivity contribution is 6.30. The smallest absolute Gasteiger partial charge is 0.227 e. The van der Waals surface area contributed by atoms with Crippen LogP contribution >= 0.6 is 11.6 Å². The van der Waals surface area contributed by atoms with E-state index in [1.54, 1.807) is 12.1 Å². The summed E-state index contributed by atoms with van der Waals surface area (Å²) in [5.74, 6) is -0.132. The molecule has 0 bridgehead atoms. The fraction of sp³-hybridized carbons (Fsp3) is 0.300. The summed E-state index contributed by atoms with van der Waals surface area (Å²) in [5.41, 5.74) is 2.46. The van der Waals surface area contributed by atoms with Gasteiger partial charge in [-0.1, -0.05) is 23.7 Å². The third kappa shape index (κ3) is 4.76. The second-order valence-corrected chi connectivity index (χ2v) is 6.93. The molecule has 2 N–H and O–H groups in total. The van der Waals surface area contributed by atoms with E-state index in [0.717, 1.165) is 36.6 Å². The second-order valence-electron chi connectivity index (χ2n) is 6.49. The van der Waals surface area contributed by atoms with Crippen LogP contribution in [0.2, 0.25) is 5.02 Å². The SMILES string of the molecule is CC(=O)Nc1cccc(NC(=O)C2CCN(c3cccc(Cl)c3)CC2)c1. The Bertz CT molecular complexity index is 801. The van der Waals surface area contributed by atoms with Crippen molar-refractivity contribution in [1.29, 1.82) is 0 Å². The van der Waals surface area contributed by atoms with Crippen molar-refractivity contribution in [3.05, 3.63) is 53.6 Å². The zero-order chi connectivity index (χ0) is 18.5. The molecular weight excluding hydrogens is 350 g/mol. The Morgan fingerprint density at radius 2 is 1.65 bits per heavy atom. The molecule has 0 aliphatic carbocycles. The third-order valence-electron chi connectivity index (χ3n) is 4.49. The highest BCUT2D eigenvalue weighted by atomic mass is 35.5. The van der Waals surface area contributed by atoms with E-state index in [4.69, 9.17) is 11.6 Å². The third-order valence-corrected chi connectivity index (χ3v) is 4.72. The molecule has 6 heteroatoms. The molecule has 0 atom stereocenters. The van der Waals surface area contributed by atoms with Gasteiger partial charge in [-0.25, -0.2) is 0 Å². The fourth-order valence-electron chi connectivity index (χ4n) is 3.19. The van der Waals surface area contributed by atoms with Crippen LogP contribution < -0.4 is 15.5 Å². The number of hydrogen-bond donors (Lipinski definition) is 2. The van der Waals surface area contributed by atoms with Crippen molar-refractivity contribution < 1.29 is 9.59 Å². The average molecular weight is 372 g/mol. The number of benzene rings is 2. The summed E-state index contributed by atoms with van der Waals surface area (Å²) < 4.78 is 0. The first-order chi connectivity index (χ1) is 12.5. The zero-order valence-corrected chi connectivity index (χ0v) is 15.4. The maximum Gasteiger partial charge on any atom is 0.227 e. The molecule has 1 aliphatic heterocycles. The number of rotatable bonds is 4. The largest absolute Gasteiger partial charge is 0.371 e.